The van der Waals surface area contributed by atoms with Crippen molar-refractivity contribution in [1.82, 2.24) is 0 Å². The fraction of sp³-hybridized carbons (Fsp3) is 0.333. The number of thiophene rings is 1. The summed E-state index contributed by atoms with van der Waals surface area (Å²) >= 11 is 1.47. The molecule has 0 saturated carbocycles. The average Bonchev–Trinajstić information content (AvgIpc) is 3.31. The van der Waals surface area contributed by atoms with Crippen molar-refractivity contribution >= 4 is 45.3 Å². The van der Waals surface area contributed by atoms with Crippen molar-refractivity contribution in [2.24, 2.45) is 5.92 Å². The van der Waals surface area contributed by atoms with Gasteiger partial charge in [0.1, 0.15) is 22.1 Å². The first-order valence-corrected chi connectivity index (χ1v) is 11.2. The maximum atomic E-state index is 12.6. The number of hydrogen-bond acceptors (Lipinski definition) is 6. The molecule has 0 saturated heterocycles. The van der Waals surface area contributed by atoms with Gasteiger partial charge in [0, 0.05) is 16.3 Å². The van der Waals surface area contributed by atoms with E-state index in [-0.39, 0.29) is 11.9 Å². The number of fused-ring (bicyclic) bond motifs is 2. The van der Waals surface area contributed by atoms with Gasteiger partial charge >= 0.3 is 5.97 Å². The van der Waals surface area contributed by atoms with Crippen molar-refractivity contribution in [3.8, 4) is 5.75 Å². The van der Waals surface area contributed by atoms with Gasteiger partial charge in [0.05, 0.1) is 19.3 Å². The fourth-order valence-electron chi connectivity index (χ4n) is 3.82. The quantitative estimate of drug-likeness (QED) is 0.408. The minimum atomic E-state index is -0.375. The number of furan rings is 1. The van der Waals surface area contributed by atoms with Crippen LogP contribution in [0.5, 0.6) is 5.75 Å². The molecule has 1 aliphatic carbocycles. The predicted molar refractivity (Wildman–Crippen MR) is 122 cm³/mol. The zero-order valence-electron chi connectivity index (χ0n) is 17.8. The van der Waals surface area contributed by atoms with Crippen molar-refractivity contribution in [1.29, 1.82) is 0 Å². The van der Waals surface area contributed by atoms with Gasteiger partial charge in [0.2, 0.25) is 5.91 Å². The minimum absolute atomic E-state index is 0.296. The molecule has 1 aromatic carbocycles. The van der Waals surface area contributed by atoms with Crippen molar-refractivity contribution < 1.29 is 23.5 Å². The van der Waals surface area contributed by atoms with Gasteiger partial charge in [-0.3, -0.25) is 4.79 Å². The van der Waals surface area contributed by atoms with Gasteiger partial charge in [0.15, 0.2) is 0 Å². The van der Waals surface area contributed by atoms with Gasteiger partial charge in [0.25, 0.3) is 0 Å². The van der Waals surface area contributed by atoms with Crippen LogP contribution in [0.3, 0.4) is 0 Å². The normalized spacial score (nSPS) is 15.8. The second-order valence-corrected chi connectivity index (χ2v) is 8.76. The van der Waals surface area contributed by atoms with E-state index in [0.717, 1.165) is 40.8 Å². The Morgan fingerprint density at radius 1 is 1.32 bits per heavy atom. The molecule has 0 spiro atoms. The smallest absolute Gasteiger partial charge is 0.341 e. The van der Waals surface area contributed by atoms with Gasteiger partial charge < -0.3 is 19.2 Å². The highest BCUT2D eigenvalue weighted by Crippen LogP contribution is 2.40. The van der Waals surface area contributed by atoms with Crippen LogP contribution >= 0.6 is 11.3 Å². The zero-order chi connectivity index (χ0) is 22.0. The Morgan fingerprint density at radius 2 is 2.16 bits per heavy atom. The molecule has 2 heterocycles. The Labute approximate surface area is 184 Å². The van der Waals surface area contributed by atoms with Gasteiger partial charge in [-0.2, -0.15) is 0 Å². The molecule has 0 aliphatic heterocycles. The highest BCUT2D eigenvalue weighted by atomic mass is 32.1. The van der Waals surface area contributed by atoms with E-state index in [0.29, 0.717) is 34.4 Å². The van der Waals surface area contributed by atoms with E-state index in [1.165, 1.54) is 17.4 Å². The summed E-state index contributed by atoms with van der Waals surface area (Å²) in [6.45, 7) is 4.28. The van der Waals surface area contributed by atoms with E-state index < -0.39 is 0 Å². The van der Waals surface area contributed by atoms with E-state index in [1.54, 1.807) is 20.1 Å². The monoisotopic (exact) mass is 439 g/mol. The first-order chi connectivity index (χ1) is 15.0. The lowest BCUT2D eigenvalue weighted by Crippen LogP contribution is -2.15. The van der Waals surface area contributed by atoms with Crippen LogP contribution < -0.4 is 10.1 Å². The number of carbonyl (C=O) groups is 2. The standard InChI is InChI=1S/C24H25NO5S/c1-4-29-24(27)22-18-8-5-14(2)11-20(18)31-23(22)25-21(26)10-7-17-13-15-12-16(28-3)6-9-19(15)30-17/h6-7,9-10,12-14H,4-5,8,11H2,1-3H3,(H,25,26)/b10-7+/t14-/m1/s1. The van der Waals surface area contributed by atoms with Crippen LogP contribution in [0.1, 0.15) is 46.8 Å². The molecule has 2 aromatic heterocycles. The minimum Gasteiger partial charge on any atom is -0.497 e. The molecule has 4 rings (SSSR count). The lowest BCUT2D eigenvalue weighted by molar-refractivity contribution is -0.111. The van der Waals surface area contributed by atoms with Crippen molar-refractivity contribution in [3.63, 3.8) is 0 Å². The van der Waals surface area contributed by atoms with Gasteiger partial charge in [-0.25, -0.2) is 4.79 Å². The summed E-state index contributed by atoms with van der Waals surface area (Å²) < 4.78 is 16.2. The van der Waals surface area contributed by atoms with Crippen LogP contribution in [-0.2, 0) is 22.4 Å². The van der Waals surface area contributed by atoms with Crippen LogP contribution in [0.15, 0.2) is 34.8 Å². The van der Waals surface area contributed by atoms with Crippen LogP contribution in [-0.4, -0.2) is 25.6 Å². The summed E-state index contributed by atoms with van der Waals surface area (Å²) in [5.74, 6) is 1.17. The molecule has 1 N–H and O–H groups in total. The molecule has 1 atom stereocenters. The molecule has 31 heavy (non-hydrogen) atoms. The molecule has 0 unspecified atom stereocenters. The first-order valence-electron chi connectivity index (χ1n) is 10.4. The Morgan fingerprint density at radius 3 is 2.94 bits per heavy atom. The Bertz CT molecular complexity index is 1160. The van der Waals surface area contributed by atoms with E-state index in [1.807, 2.05) is 24.3 Å². The molecule has 162 valence electrons. The molecule has 7 heteroatoms. The molecule has 3 aromatic rings. The van der Waals surface area contributed by atoms with Crippen LogP contribution in [0.4, 0.5) is 5.00 Å². The highest BCUT2D eigenvalue weighted by Gasteiger charge is 2.28. The molecule has 1 amide bonds. The number of amides is 1. The maximum Gasteiger partial charge on any atom is 0.341 e. The lowest BCUT2D eigenvalue weighted by Gasteiger charge is -2.18. The number of nitrogens with one attached hydrogen (secondary N) is 1. The van der Waals surface area contributed by atoms with Crippen molar-refractivity contribution in [2.75, 3.05) is 19.0 Å². The van der Waals surface area contributed by atoms with Crippen LogP contribution in [0.2, 0.25) is 0 Å². The lowest BCUT2D eigenvalue weighted by atomic mass is 9.88. The summed E-state index contributed by atoms with van der Waals surface area (Å²) in [5.41, 5.74) is 2.24. The molecule has 1 aliphatic rings. The largest absolute Gasteiger partial charge is 0.497 e. The SMILES string of the molecule is CCOC(=O)c1c(NC(=O)/C=C/c2cc3cc(OC)ccc3o2)sc2c1CC[C@@H](C)C2. The zero-order valence-corrected chi connectivity index (χ0v) is 18.6. The summed E-state index contributed by atoms with van der Waals surface area (Å²) in [7, 11) is 1.61. The van der Waals surface area contributed by atoms with E-state index in [9.17, 15) is 9.59 Å². The molecular weight excluding hydrogens is 414 g/mol. The second-order valence-electron chi connectivity index (χ2n) is 7.65. The van der Waals surface area contributed by atoms with Gasteiger partial charge in [-0.1, -0.05) is 6.92 Å². The molecule has 0 radical (unpaired) electrons. The van der Waals surface area contributed by atoms with E-state index in [4.69, 9.17) is 13.9 Å². The molecule has 0 fully saturated rings. The average molecular weight is 440 g/mol. The number of hydrogen-bond donors (Lipinski definition) is 1. The fourth-order valence-corrected chi connectivity index (χ4v) is 5.22. The number of esters is 1. The van der Waals surface area contributed by atoms with E-state index in [2.05, 4.69) is 12.2 Å². The second kappa shape index (κ2) is 8.98. The Hall–Kier alpha value is -3.06. The number of ether oxygens (including phenoxy) is 2. The highest BCUT2D eigenvalue weighted by molar-refractivity contribution is 7.17. The first kappa shape index (κ1) is 21.2. The number of benzene rings is 1. The molecule has 6 nitrogen and oxygen atoms in total. The maximum absolute atomic E-state index is 12.6. The summed E-state index contributed by atoms with van der Waals surface area (Å²) in [6, 6.07) is 7.37. The summed E-state index contributed by atoms with van der Waals surface area (Å²) in [5, 5.41) is 4.32. The number of anilines is 1. The third-order valence-electron chi connectivity index (χ3n) is 5.37. The van der Waals surface area contributed by atoms with Gasteiger partial charge in [-0.05, 0) is 68.0 Å². The third-order valence-corrected chi connectivity index (χ3v) is 6.54. The summed E-state index contributed by atoms with van der Waals surface area (Å²) in [4.78, 5) is 26.3. The van der Waals surface area contributed by atoms with E-state index >= 15 is 0 Å². The van der Waals surface area contributed by atoms with Crippen LogP contribution in [0, 0.1) is 5.92 Å². The molecule has 0 bridgehead atoms. The van der Waals surface area contributed by atoms with Crippen molar-refractivity contribution in [2.45, 2.75) is 33.1 Å². The van der Waals surface area contributed by atoms with Crippen LogP contribution in [0.25, 0.3) is 17.0 Å². The van der Waals surface area contributed by atoms with Gasteiger partial charge in [-0.15, -0.1) is 11.3 Å². The topological polar surface area (TPSA) is 77.8 Å². The van der Waals surface area contributed by atoms with Crippen molar-refractivity contribution in [3.05, 3.63) is 52.1 Å². The number of carbonyl (C=O) groups excluding carboxylic acids is 2. The molecular formula is C24H25NO5S. The Balaban J connectivity index is 1.54. The number of methoxy groups -OCH3 is 1. The predicted octanol–water partition coefficient (Wildman–Crippen LogP) is 5.46. The number of rotatable bonds is 6. The summed E-state index contributed by atoms with van der Waals surface area (Å²) in [6.07, 6.45) is 5.79. The third kappa shape index (κ3) is 4.51. The Kier molecular flexibility index (Phi) is 6.13.